The van der Waals surface area contributed by atoms with E-state index < -0.39 is 68.5 Å². The SMILES string of the molecule is C[C@H]1[C@H](N)CN1c1c(F)cc2c(=O)c(C(=O)O)cn(-c3ccc(F)cc3F)c2c1F. The van der Waals surface area contributed by atoms with E-state index in [-0.39, 0.29) is 12.6 Å². The monoisotopic (exact) mass is 421 g/mol. The minimum absolute atomic E-state index is 0.156. The molecule has 0 radical (unpaired) electrons. The largest absolute Gasteiger partial charge is 0.477 e. The topological polar surface area (TPSA) is 88.6 Å². The Morgan fingerprint density at radius 1 is 1.17 bits per heavy atom. The fourth-order valence-corrected chi connectivity index (χ4v) is 3.62. The third-order valence-electron chi connectivity index (χ3n) is 5.36. The number of hydrogen-bond donors (Lipinski definition) is 2. The Kier molecular flexibility index (Phi) is 4.53. The quantitative estimate of drug-likeness (QED) is 0.635. The van der Waals surface area contributed by atoms with Crippen LogP contribution >= 0.6 is 0 Å². The Morgan fingerprint density at radius 2 is 1.87 bits per heavy atom. The van der Waals surface area contributed by atoms with Gasteiger partial charge in [0.05, 0.1) is 16.6 Å². The van der Waals surface area contributed by atoms with Gasteiger partial charge in [-0.1, -0.05) is 0 Å². The summed E-state index contributed by atoms with van der Waals surface area (Å²) in [6.45, 7) is 1.82. The number of aromatic nitrogens is 1. The van der Waals surface area contributed by atoms with Gasteiger partial charge in [0.25, 0.3) is 0 Å². The zero-order valence-electron chi connectivity index (χ0n) is 15.5. The Balaban J connectivity index is 2.12. The number of benzene rings is 2. The van der Waals surface area contributed by atoms with Gasteiger partial charge in [0.15, 0.2) is 5.82 Å². The van der Waals surface area contributed by atoms with Crippen LogP contribution in [0.2, 0.25) is 0 Å². The van der Waals surface area contributed by atoms with Crippen molar-refractivity contribution in [2.24, 2.45) is 5.73 Å². The number of nitrogens with two attached hydrogens (primary N) is 1. The van der Waals surface area contributed by atoms with Crippen LogP contribution in [0.5, 0.6) is 0 Å². The molecule has 0 saturated carbocycles. The van der Waals surface area contributed by atoms with Crippen LogP contribution in [0, 0.1) is 23.3 Å². The normalized spacial score (nSPS) is 18.5. The van der Waals surface area contributed by atoms with Crippen LogP contribution in [0.4, 0.5) is 23.2 Å². The molecule has 1 aromatic heterocycles. The first-order chi connectivity index (χ1) is 14.1. The predicted molar refractivity (Wildman–Crippen MR) is 101 cm³/mol. The predicted octanol–water partition coefficient (Wildman–Crippen LogP) is 2.78. The van der Waals surface area contributed by atoms with Crippen molar-refractivity contribution < 1.29 is 27.5 Å². The zero-order chi connectivity index (χ0) is 21.9. The van der Waals surface area contributed by atoms with E-state index in [4.69, 9.17) is 5.73 Å². The molecule has 3 N–H and O–H groups in total. The van der Waals surface area contributed by atoms with E-state index in [0.717, 1.165) is 29.0 Å². The number of nitrogens with zero attached hydrogens (tertiary/aromatic N) is 2. The molecule has 0 spiro atoms. The minimum Gasteiger partial charge on any atom is -0.477 e. The van der Waals surface area contributed by atoms with Gasteiger partial charge in [0, 0.05) is 30.9 Å². The lowest BCUT2D eigenvalue weighted by molar-refractivity contribution is 0.0695. The van der Waals surface area contributed by atoms with Crippen LogP contribution in [0.1, 0.15) is 17.3 Å². The molecule has 0 amide bonds. The summed E-state index contributed by atoms with van der Waals surface area (Å²) in [5.41, 5.74) is 2.45. The number of halogens is 4. The molecule has 1 aliphatic rings. The van der Waals surface area contributed by atoms with Gasteiger partial charge in [-0.05, 0) is 25.1 Å². The van der Waals surface area contributed by atoms with Gasteiger partial charge in [-0.2, -0.15) is 0 Å². The third-order valence-corrected chi connectivity index (χ3v) is 5.36. The van der Waals surface area contributed by atoms with Gasteiger partial charge >= 0.3 is 5.97 Å². The maximum atomic E-state index is 15.5. The second-order valence-electron chi connectivity index (χ2n) is 7.12. The van der Waals surface area contributed by atoms with Gasteiger partial charge in [0.2, 0.25) is 5.43 Å². The van der Waals surface area contributed by atoms with Crippen LogP contribution in [0.3, 0.4) is 0 Å². The Bertz CT molecular complexity index is 1270. The van der Waals surface area contributed by atoms with Gasteiger partial charge < -0.3 is 20.3 Å². The molecule has 1 saturated heterocycles. The lowest BCUT2D eigenvalue weighted by atomic mass is 9.97. The van der Waals surface area contributed by atoms with E-state index in [1.165, 1.54) is 4.90 Å². The second-order valence-corrected chi connectivity index (χ2v) is 7.12. The fraction of sp³-hybridized carbons (Fsp3) is 0.200. The van der Waals surface area contributed by atoms with Gasteiger partial charge in [-0.15, -0.1) is 0 Å². The number of carboxylic acid groups (broad SMARTS) is 1. The van der Waals surface area contributed by atoms with E-state index in [9.17, 15) is 27.9 Å². The van der Waals surface area contributed by atoms with Crippen LogP contribution in [0.25, 0.3) is 16.6 Å². The highest BCUT2D eigenvalue weighted by atomic mass is 19.1. The van der Waals surface area contributed by atoms with Crippen molar-refractivity contribution in [1.82, 2.24) is 4.57 Å². The zero-order valence-corrected chi connectivity index (χ0v) is 15.5. The number of carboxylic acids is 1. The highest BCUT2D eigenvalue weighted by molar-refractivity contribution is 5.94. The first-order valence-electron chi connectivity index (χ1n) is 8.90. The molecule has 0 aliphatic carbocycles. The molecule has 0 bridgehead atoms. The summed E-state index contributed by atoms with van der Waals surface area (Å²) in [6.07, 6.45) is 0.735. The number of fused-ring (bicyclic) bond motifs is 1. The van der Waals surface area contributed by atoms with Crippen molar-refractivity contribution >= 4 is 22.6 Å². The van der Waals surface area contributed by atoms with Crippen LogP contribution < -0.4 is 16.1 Å². The molecule has 30 heavy (non-hydrogen) atoms. The lowest BCUT2D eigenvalue weighted by Gasteiger charge is -2.46. The van der Waals surface area contributed by atoms with Crippen LogP contribution in [-0.4, -0.2) is 34.3 Å². The highest BCUT2D eigenvalue weighted by Crippen LogP contribution is 2.35. The molecular formula is C20H15F4N3O3. The van der Waals surface area contributed by atoms with Crippen molar-refractivity contribution in [1.29, 1.82) is 0 Å². The molecule has 3 aromatic rings. The molecule has 10 heteroatoms. The van der Waals surface area contributed by atoms with Gasteiger partial charge in [0.1, 0.15) is 28.7 Å². The second kappa shape index (κ2) is 6.84. The van der Waals surface area contributed by atoms with Gasteiger partial charge in [-0.3, -0.25) is 4.79 Å². The molecule has 156 valence electrons. The Labute approximate surface area is 166 Å². The summed E-state index contributed by atoms with van der Waals surface area (Å²) in [4.78, 5) is 25.4. The number of anilines is 1. The average Bonchev–Trinajstić information content (AvgIpc) is 2.68. The number of aromatic carboxylic acids is 1. The maximum Gasteiger partial charge on any atom is 0.341 e. The van der Waals surface area contributed by atoms with E-state index >= 15 is 4.39 Å². The first-order valence-corrected chi connectivity index (χ1v) is 8.90. The molecule has 0 unspecified atom stereocenters. The van der Waals surface area contributed by atoms with Crippen molar-refractivity contribution in [2.45, 2.75) is 19.0 Å². The average molecular weight is 421 g/mol. The Hall–Kier alpha value is -3.40. The summed E-state index contributed by atoms with van der Waals surface area (Å²) in [6, 6.07) is 2.39. The summed E-state index contributed by atoms with van der Waals surface area (Å²) < 4.78 is 58.9. The maximum absolute atomic E-state index is 15.5. The van der Waals surface area contributed by atoms with Crippen molar-refractivity contribution in [3.8, 4) is 5.69 Å². The standard InChI is InChI=1S/C20H15F4N3O3/c1-8-14(25)7-26(8)18-13(23)5-10-17(16(18)24)27(6-11(19(10)28)20(29)30)15-3-2-9(21)4-12(15)22/h2-6,8,14H,7,25H2,1H3,(H,29,30)/t8-,14+/m0/s1. The van der Waals surface area contributed by atoms with Crippen molar-refractivity contribution in [3.05, 3.63) is 69.5 Å². The molecule has 1 fully saturated rings. The Morgan fingerprint density at radius 3 is 2.43 bits per heavy atom. The van der Waals surface area contributed by atoms with E-state index in [1.807, 2.05) is 0 Å². The molecule has 2 aromatic carbocycles. The van der Waals surface area contributed by atoms with E-state index in [0.29, 0.717) is 6.07 Å². The third kappa shape index (κ3) is 2.83. The van der Waals surface area contributed by atoms with Crippen LogP contribution in [0.15, 0.2) is 35.3 Å². The number of carbonyl (C=O) groups is 1. The van der Waals surface area contributed by atoms with E-state index in [1.54, 1.807) is 6.92 Å². The number of hydrogen-bond acceptors (Lipinski definition) is 4. The summed E-state index contributed by atoms with van der Waals surface area (Å²) in [5.74, 6) is -5.95. The molecule has 1 aliphatic heterocycles. The minimum atomic E-state index is -1.66. The number of rotatable bonds is 3. The molecule has 2 atom stereocenters. The van der Waals surface area contributed by atoms with Crippen LogP contribution in [-0.2, 0) is 0 Å². The van der Waals surface area contributed by atoms with Crippen molar-refractivity contribution in [2.75, 3.05) is 11.4 Å². The molecule has 6 nitrogen and oxygen atoms in total. The number of pyridine rings is 1. The lowest BCUT2D eigenvalue weighted by Crippen LogP contribution is -2.63. The van der Waals surface area contributed by atoms with Crippen molar-refractivity contribution in [3.63, 3.8) is 0 Å². The van der Waals surface area contributed by atoms with Gasteiger partial charge in [-0.25, -0.2) is 22.4 Å². The fourth-order valence-electron chi connectivity index (χ4n) is 3.62. The van der Waals surface area contributed by atoms with E-state index in [2.05, 4.69) is 0 Å². The highest BCUT2D eigenvalue weighted by Gasteiger charge is 2.37. The summed E-state index contributed by atoms with van der Waals surface area (Å²) in [7, 11) is 0. The molecule has 4 rings (SSSR count). The molecular weight excluding hydrogens is 406 g/mol. The summed E-state index contributed by atoms with van der Waals surface area (Å²) in [5, 5.41) is 8.74. The first kappa shape index (κ1) is 19.9. The summed E-state index contributed by atoms with van der Waals surface area (Å²) >= 11 is 0. The molecule has 2 heterocycles. The smallest absolute Gasteiger partial charge is 0.341 e.